The van der Waals surface area contributed by atoms with Gasteiger partial charge in [0, 0.05) is 13.0 Å². The first-order valence-electron chi connectivity index (χ1n) is 10.0. The third kappa shape index (κ3) is 3.85. The van der Waals surface area contributed by atoms with Crippen LogP contribution in [0.3, 0.4) is 0 Å². The first-order chi connectivity index (χ1) is 13.6. The fourth-order valence-electron chi connectivity index (χ4n) is 4.39. The molecule has 0 aromatic heterocycles. The van der Waals surface area contributed by atoms with Gasteiger partial charge >= 0.3 is 0 Å². The Morgan fingerprint density at radius 2 is 1.89 bits per heavy atom. The van der Waals surface area contributed by atoms with E-state index in [1.165, 1.54) is 11.6 Å². The monoisotopic (exact) mass is 380 g/mol. The standard InChI is InChI=1S/C23H25FN2O2/c24-19-9-4-2-7-17(19)14-21-18-8-3-1-6-16(18)12-13-26(21)23(28)15-25-20-10-5-11-22(20)27/h1-4,6-9,20-21,25H,5,10-15H2/t20-,21?/m0/s1. The molecule has 1 aliphatic carbocycles. The highest BCUT2D eigenvalue weighted by Crippen LogP contribution is 2.33. The topological polar surface area (TPSA) is 49.4 Å². The summed E-state index contributed by atoms with van der Waals surface area (Å²) in [6.07, 6.45) is 3.51. The third-order valence-corrected chi connectivity index (χ3v) is 5.91. The van der Waals surface area contributed by atoms with Crippen molar-refractivity contribution in [2.24, 2.45) is 0 Å². The zero-order valence-corrected chi connectivity index (χ0v) is 15.9. The predicted molar refractivity (Wildman–Crippen MR) is 105 cm³/mol. The lowest BCUT2D eigenvalue weighted by molar-refractivity contribution is -0.133. The van der Waals surface area contributed by atoms with E-state index < -0.39 is 0 Å². The number of amides is 1. The van der Waals surface area contributed by atoms with Crippen LogP contribution >= 0.6 is 0 Å². The Hall–Kier alpha value is -2.53. The predicted octanol–water partition coefficient (Wildman–Crippen LogP) is 3.21. The molecule has 1 unspecified atom stereocenters. The maximum atomic E-state index is 14.3. The van der Waals surface area contributed by atoms with E-state index in [2.05, 4.69) is 11.4 Å². The average Bonchev–Trinajstić information content (AvgIpc) is 3.13. The number of fused-ring (bicyclic) bond motifs is 1. The molecule has 0 radical (unpaired) electrons. The molecule has 0 bridgehead atoms. The number of nitrogens with one attached hydrogen (secondary N) is 1. The summed E-state index contributed by atoms with van der Waals surface area (Å²) in [6.45, 7) is 0.752. The molecule has 2 aromatic carbocycles. The van der Waals surface area contributed by atoms with Gasteiger partial charge in [-0.15, -0.1) is 0 Å². The molecule has 0 spiro atoms. The third-order valence-electron chi connectivity index (χ3n) is 5.91. The van der Waals surface area contributed by atoms with Crippen molar-refractivity contribution in [2.45, 2.75) is 44.2 Å². The molecule has 4 nitrogen and oxygen atoms in total. The molecular formula is C23H25FN2O2. The molecule has 2 atom stereocenters. The second-order valence-electron chi connectivity index (χ2n) is 7.64. The number of nitrogens with zero attached hydrogens (tertiary/aromatic N) is 1. The van der Waals surface area contributed by atoms with Crippen molar-refractivity contribution in [2.75, 3.05) is 13.1 Å². The molecule has 2 aliphatic rings. The van der Waals surface area contributed by atoms with Crippen molar-refractivity contribution in [1.82, 2.24) is 10.2 Å². The molecular weight excluding hydrogens is 355 g/mol. The van der Waals surface area contributed by atoms with Gasteiger partial charge in [0.05, 0.1) is 18.6 Å². The van der Waals surface area contributed by atoms with Crippen molar-refractivity contribution < 1.29 is 14.0 Å². The number of halogens is 1. The lowest BCUT2D eigenvalue weighted by Gasteiger charge is -2.38. The van der Waals surface area contributed by atoms with E-state index in [0.717, 1.165) is 24.8 Å². The lowest BCUT2D eigenvalue weighted by atomic mass is 9.88. The van der Waals surface area contributed by atoms with Crippen LogP contribution in [-0.2, 0) is 22.4 Å². The van der Waals surface area contributed by atoms with E-state index in [1.807, 2.05) is 29.2 Å². The molecule has 28 heavy (non-hydrogen) atoms. The van der Waals surface area contributed by atoms with Crippen molar-refractivity contribution in [3.8, 4) is 0 Å². The molecule has 146 valence electrons. The normalized spacial score (nSPS) is 21.6. The zero-order valence-electron chi connectivity index (χ0n) is 15.9. The quantitative estimate of drug-likeness (QED) is 0.867. The van der Waals surface area contributed by atoms with Crippen LogP contribution in [0.1, 0.15) is 42.0 Å². The summed E-state index contributed by atoms with van der Waals surface area (Å²) in [4.78, 5) is 26.7. The van der Waals surface area contributed by atoms with E-state index in [4.69, 9.17) is 0 Å². The molecule has 4 rings (SSSR count). The van der Waals surface area contributed by atoms with Gasteiger partial charge in [-0.1, -0.05) is 42.5 Å². The largest absolute Gasteiger partial charge is 0.334 e. The molecule has 1 N–H and O–H groups in total. The van der Waals surface area contributed by atoms with Gasteiger partial charge in [0.2, 0.25) is 5.91 Å². The average molecular weight is 380 g/mol. The van der Waals surface area contributed by atoms with Crippen LogP contribution in [0.5, 0.6) is 0 Å². The fourth-order valence-corrected chi connectivity index (χ4v) is 4.39. The summed E-state index contributed by atoms with van der Waals surface area (Å²) >= 11 is 0. The van der Waals surface area contributed by atoms with Crippen LogP contribution < -0.4 is 5.32 Å². The molecule has 5 heteroatoms. The highest BCUT2D eigenvalue weighted by molar-refractivity contribution is 5.87. The number of benzene rings is 2. The second kappa shape index (κ2) is 8.23. The second-order valence-corrected chi connectivity index (χ2v) is 7.64. The Labute approximate surface area is 164 Å². The number of Topliss-reactive ketones (excluding diaryl/α,β-unsaturated/α-hetero) is 1. The Balaban J connectivity index is 1.55. The minimum absolute atomic E-state index is 0.0319. The van der Waals surface area contributed by atoms with E-state index in [0.29, 0.717) is 24.9 Å². The van der Waals surface area contributed by atoms with Crippen LogP contribution in [-0.4, -0.2) is 35.7 Å². The van der Waals surface area contributed by atoms with Gasteiger partial charge in [-0.3, -0.25) is 14.9 Å². The van der Waals surface area contributed by atoms with Crippen LogP contribution in [0.25, 0.3) is 0 Å². The minimum atomic E-state index is -0.243. The Morgan fingerprint density at radius 1 is 1.11 bits per heavy atom. The maximum Gasteiger partial charge on any atom is 0.237 e. The maximum absolute atomic E-state index is 14.3. The van der Waals surface area contributed by atoms with Gasteiger partial charge in [-0.05, 0) is 48.4 Å². The van der Waals surface area contributed by atoms with Gasteiger partial charge < -0.3 is 4.90 Å². The van der Waals surface area contributed by atoms with Crippen LogP contribution in [0.2, 0.25) is 0 Å². The first-order valence-corrected chi connectivity index (χ1v) is 10.0. The molecule has 2 aromatic rings. The van der Waals surface area contributed by atoms with Crippen molar-refractivity contribution in [1.29, 1.82) is 0 Å². The van der Waals surface area contributed by atoms with Gasteiger partial charge in [0.15, 0.2) is 0 Å². The lowest BCUT2D eigenvalue weighted by Crippen LogP contribution is -2.47. The van der Waals surface area contributed by atoms with Crippen molar-refractivity contribution in [3.05, 3.63) is 71.0 Å². The summed E-state index contributed by atoms with van der Waals surface area (Å²) in [5.74, 6) is -0.0807. The van der Waals surface area contributed by atoms with E-state index in [9.17, 15) is 14.0 Å². The number of rotatable bonds is 5. The Kier molecular flexibility index (Phi) is 5.53. The SMILES string of the molecule is O=C1CCC[C@@H]1NCC(=O)N1CCc2ccccc2C1Cc1ccccc1F. The summed E-state index contributed by atoms with van der Waals surface area (Å²) in [6, 6.07) is 14.4. The molecule has 1 aliphatic heterocycles. The fraction of sp³-hybridized carbons (Fsp3) is 0.391. The minimum Gasteiger partial charge on any atom is -0.334 e. The zero-order chi connectivity index (χ0) is 19.5. The summed E-state index contributed by atoms with van der Waals surface area (Å²) in [7, 11) is 0. The number of hydrogen-bond acceptors (Lipinski definition) is 3. The highest BCUT2D eigenvalue weighted by atomic mass is 19.1. The van der Waals surface area contributed by atoms with Crippen molar-refractivity contribution in [3.63, 3.8) is 0 Å². The Bertz CT molecular complexity index is 882. The molecule has 1 fully saturated rings. The van der Waals surface area contributed by atoms with Crippen LogP contribution in [0.4, 0.5) is 4.39 Å². The van der Waals surface area contributed by atoms with Gasteiger partial charge in [0.25, 0.3) is 0 Å². The Morgan fingerprint density at radius 3 is 2.68 bits per heavy atom. The van der Waals surface area contributed by atoms with E-state index in [1.54, 1.807) is 12.1 Å². The van der Waals surface area contributed by atoms with Crippen LogP contribution in [0, 0.1) is 5.82 Å². The van der Waals surface area contributed by atoms with E-state index >= 15 is 0 Å². The van der Waals surface area contributed by atoms with Gasteiger partial charge in [-0.25, -0.2) is 4.39 Å². The molecule has 1 saturated carbocycles. The first kappa shape index (κ1) is 18.8. The summed E-state index contributed by atoms with van der Waals surface area (Å²) in [5.41, 5.74) is 2.91. The highest BCUT2D eigenvalue weighted by Gasteiger charge is 2.32. The molecule has 0 saturated heterocycles. The number of ketones is 1. The summed E-state index contributed by atoms with van der Waals surface area (Å²) in [5, 5.41) is 3.13. The van der Waals surface area contributed by atoms with E-state index in [-0.39, 0.29) is 36.1 Å². The molecule has 1 amide bonds. The molecule has 1 heterocycles. The summed E-state index contributed by atoms with van der Waals surface area (Å²) < 4.78 is 14.3. The van der Waals surface area contributed by atoms with Crippen molar-refractivity contribution >= 4 is 11.7 Å². The number of carbonyl (C=O) groups is 2. The van der Waals surface area contributed by atoms with Gasteiger partial charge in [0.1, 0.15) is 11.6 Å². The van der Waals surface area contributed by atoms with Gasteiger partial charge in [-0.2, -0.15) is 0 Å². The number of carbonyl (C=O) groups excluding carboxylic acids is 2. The number of hydrogen-bond donors (Lipinski definition) is 1. The smallest absolute Gasteiger partial charge is 0.237 e. The van der Waals surface area contributed by atoms with Crippen LogP contribution in [0.15, 0.2) is 48.5 Å².